The summed E-state index contributed by atoms with van der Waals surface area (Å²) in [6, 6.07) is 7.95. The Kier molecular flexibility index (Phi) is 2.77. The van der Waals surface area contributed by atoms with Gasteiger partial charge in [-0.3, -0.25) is 0 Å². The lowest BCUT2D eigenvalue weighted by atomic mass is 10.3. The monoisotopic (exact) mass is 268 g/mol. The lowest BCUT2D eigenvalue weighted by Crippen LogP contribution is -2.02. The maximum Gasteiger partial charge on any atom is 0.227 e. The highest BCUT2D eigenvalue weighted by Gasteiger charge is 2.23. The predicted molar refractivity (Wildman–Crippen MR) is 76.0 cm³/mol. The van der Waals surface area contributed by atoms with Gasteiger partial charge in [0.25, 0.3) is 0 Å². The summed E-state index contributed by atoms with van der Waals surface area (Å²) < 4.78 is 5.79. The van der Waals surface area contributed by atoms with Crippen molar-refractivity contribution in [3.05, 3.63) is 41.7 Å². The summed E-state index contributed by atoms with van der Waals surface area (Å²) in [6.07, 6.45) is 4.62. The van der Waals surface area contributed by atoms with E-state index in [1.165, 1.54) is 18.4 Å². The number of hydrogen-bond acceptors (Lipinski definition) is 5. The van der Waals surface area contributed by atoms with Gasteiger partial charge in [-0.05, 0) is 25.0 Å². The largest absolute Gasteiger partial charge is 0.490 e. The first kappa shape index (κ1) is 11.7. The first-order valence-electron chi connectivity index (χ1n) is 6.96. The first-order chi connectivity index (χ1) is 9.87. The van der Waals surface area contributed by atoms with E-state index in [2.05, 4.69) is 20.6 Å². The first-order valence-corrected chi connectivity index (χ1v) is 6.96. The minimum Gasteiger partial charge on any atom is -0.490 e. The van der Waals surface area contributed by atoms with Crippen LogP contribution in [0.5, 0.6) is 5.75 Å². The predicted octanol–water partition coefficient (Wildman–Crippen LogP) is 2.36. The quantitative estimate of drug-likeness (QED) is 0.891. The summed E-state index contributed by atoms with van der Waals surface area (Å²) in [5.74, 6) is 1.54. The Labute approximate surface area is 117 Å². The average molecular weight is 268 g/mol. The molecule has 20 heavy (non-hydrogen) atoms. The third-order valence-electron chi connectivity index (χ3n) is 3.48. The van der Waals surface area contributed by atoms with Gasteiger partial charge in [0.1, 0.15) is 5.75 Å². The van der Waals surface area contributed by atoms with Gasteiger partial charge in [0.2, 0.25) is 5.95 Å². The molecule has 1 aliphatic heterocycles. The van der Waals surface area contributed by atoms with Crippen molar-refractivity contribution >= 4 is 11.6 Å². The number of aromatic nitrogens is 2. The molecular weight excluding hydrogens is 252 g/mol. The maximum atomic E-state index is 5.79. The van der Waals surface area contributed by atoms with Crippen LogP contribution in [0.25, 0.3) is 0 Å². The lowest BCUT2D eigenvalue weighted by molar-refractivity contribution is 0.303. The molecule has 2 aliphatic rings. The van der Waals surface area contributed by atoms with Crippen molar-refractivity contribution in [1.82, 2.24) is 15.3 Å². The molecule has 0 atom stereocenters. The lowest BCUT2D eigenvalue weighted by Gasteiger charge is -2.09. The molecule has 2 N–H and O–H groups in total. The van der Waals surface area contributed by atoms with Crippen LogP contribution >= 0.6 is 0 Å². The number of rotatable bonds is 4. The number of nitrogens with zero attached hydrogens (tertiary/aromatic N) is 2. The molecule has 1 fully saturated rings. The smallest absolute Gasteiger partial charge is 0.227 e. The Morgan fingerprint density at radius 2 is 2.20 bits per heavy atom. The Morgan fingerprint density at radius 1 is 1.25 bits per heavy atom. The van der Waals surface area contributed by atoms with E-state index >= 15 is 0 Å². The zero-order valence-corrected chi connectivity index (χ0v) is 11.1. The van der Waals surface area contributed by atoms with Crippen molar-refractivity contribution in [2.75, 3.05) is 5.32 Å². The summed E-state index contributed by atoms with van der Waals surface area (Å²) >= 11 is 0. The van der Waals surface area contributed by atoms with Gasteiger partial charge >= 0.3 is 0 Å². The molecule has 1 aromatic heterocycles. The molecular formula is C15H16N4O. The van der Waals surface area contributed by atoms with E-state index < -0.39 is 0 Å². The molecule has 2 heterocycles. The zero-order valence-electron chi connectivity index (χ0n) is 11.1. The SMILES string of the molecule is c1cc(Nc2ncc3c(n2)CNC3)cc(OC2CC2)c1. The van der Waals surface area contributed by atoms with Crippen LogP contribution in [0.2, 0.25) is 0 Å². The molecule has 0 saturated heterocycles. The normalized spacial score (nSPS) is 16.8. The third-order valence-corrected chi connectivity index (χ3v) is 3.48. The molecule has 2 aromatic rings. The van der Waals surface area contributed by atoms with Gasteiger partial charge in [0.05, 0.1) is 11.8 Å². The molecule has 0 radical (unpaired) electrons. The fourth-order valence-electron chi connectivity index (χ4n) is 2.27. The van der Waals surface area contributed by atoms with Crippen molar-refractivity contribution in [2.24, 2.45) is 0 Å². The van der Waals surface area contributed by atoms with Crippen LogP contribution in [-0.4, -0.2) is 16.1 Å². The van der Waals surface area contributed by atoms with E-state index in [-0.39, 0.29) is 0 Å². The van der Waals surface area contributed by atoms with Crippen LogP contribution < -0.4 is 15.4 Å². The van der Waals surface area contributed by atoms with Crippen molar-refractivity contribution in [1.29, 1.82) is 0 Å². The average Bonchev–Trinajstić information content (AvgIpc) is 3.14. The van der Waals surface area contributed by atoms with Crippen LogP contribution in [-0.2, 0) is 13.1 Å². The molecule has 1 saturated carbocycles. The van der Waals surface area contributed by atoms with Gasteiger partial charge in [-0.2, -0.15) is 0 Å². The number of nitrogens with one attached hydrogen (secondary N) is 2. The standard InChI is InChI=1S/C15H16N4O/c1-2-11(6-13(3-1)20-12-4-5-12)18-15-17-8-10-7-16-9-14(10)19-15/h1-3,6,8,12,16H,4-5,7,9H2,(H,17,18,19). The van der Waals surface area contributed by atoms with Crippen molar-refractivity contribution in [2.45, 2.75) is 32.0 Å². The summed E-state index contributed by atoms with van der Waals surface area (Å²) in [4.78, 5) is 8.87. The number of fused-ring (bicyclic) bond motifs is 1. The molecule has 1 aromatic carbocycles. The second-order valence-electron chi connectivity index (χ2n) is 5.24. The Hall–Kier alpha value is -2.14. The van der Waals surface area contributed by atoms with Crippen LogP contribution in [0.1, 0.15) is 24.1 Å². The molecule has 0 amide bonds. The summed E-state index contributed by atoms with van der Waals surface area (Å²) in [5.41, 5.74) is 3.21. The number of benzene rings is 1. The van der Waals surface area contributed by atoms with E-state index in [4.69, 9.17) is 4.74 Å². The Morgan fingerprint density at radius 3 is 3.10 bits per heavy atom. The fraction of sp³-hybridized carbons (Fsp3) is 0.333. The number of ether oxygens (including phenoxy) is 1. The Balaban J connectivity index is 1.52. The van der Waals surface area contributed by atoms with Crippen LogP contribution in [0.15, 0.2) is 30.5 Å². The van der Waals surface area contributed by atoms with Gasteiger partial charge in [-0.25, -0.2) is 9.97 Å². The highest BCUT2D eigenvalue weighted by molar-refractivity contribution is 5.56. The van der Waals surface area contributed by atoms with E-state index in [9.17, 15) is 0 Å². The fourth-order valence-corrected chi connectivity index (χ4v) is 2.27. The van der Waals surface area contributed by atoms with E-state index in [1.54, 1.807) is 0 Å². The summed E-state index contributed by atoms with van der Waals surface area (Å²) in [6.45, 7) is 1.68. The minimum absolute atomic E-state index is 0.410. The summed E-state index contributed by atoms with van der Waals surface area (Å²) in [5, 5.41) is 6.50. The van der Waals surface area contributed by atoms with Gasteiger partial charge in [-0.15, -0.1) is 0 Å². The molecule has 0 unspecified atom stereocenters. The third kappa shape index (κ3) is 2.44. The zero-order chi connectivity index (χ0) is 13.4. The second kappa shape index (κ2) is 4.76. The molecule has 4 rings (SSSR count). The van der Waals surface area contributed by atoms with E-state index in [1.807, 2.05) is 30.5 Å². The molecule has 5 heteroatoms. The molecule has 0 spiro atoms. The van der Waals surface area contributed by atoms with Gasteiger partial charge < -0.3 is 15.4 Å². The van der Waals surface area contributed by atoms with Gasteiger partial charge in [0, 0.05) is 36.6 Å². The molecule has 0 bridgehead atoms. The van der Waals surface area contributed by atoms with Crippen LogP contribution in [0.4, 0.5) is 11.6 Å². The summed E-state index contributed by atoms with van der Waals surface area (Å²) in [7, 11) is 0. The highest BCUT2D eigenvalue weighted by atomic mass is 16.5. The number of hydrogen-bond donors (Lipinski definition) is 2. The van der Waals surface area contributed by atoms with Crippen LogP contribution in [0.3, 0.4) is 0 Å². The highest BCUT2D eigenvalue weighted by Crippen LogP contribution is 2.28. The Bertz CT molecular complexity index is 640. The minimum atomic E-state index is 0.410. The van der Waals surface area contributed by atoms with Crippen molar-refractivity contribution in [3.63, 3.8) is 0 Å². The van der Waals surface area contributed by atoms with Gasteiger partial charge in [0.15, 0.2) is 0 Å². The van der Waals surface area contributed by atoms with E-state index in [0.717, 1.165) is 30.2 Å². The molecule has 102 valence electrons. The second-order valence-corrected chi connectivity index (χ2v) is 5.24. The topological polar surface area (TPSA) is 59.1 Å². The molecule has 5 nitrogen and oxygen atoms in total. The maximum absolute atomic E-state index is 5.79. The number of anilines is 2. The van der Waals surface area contributed by atoms with Crippen molar-refractivity contribution < 1.29 is 4.74 Å². The van der Waals surface area contributed by atoms with Crippen molar-refractivity contribution in [3.8, 4) is 5.75 Å². The van der Waals surface area contributed by atoms with E-state index in [0.29, 0.717) is 12.1 Å². The van der Waals surface area contributed by atoms with Gasteiger partial charge in [-0.1, -0.05) is 6.07 Å². The van der Waals surface area contributed by atoms with Crippen LogP contribution in [0, 0.1) is 0 Å². The molecule has 1 aliphatic carbocycles.